The summed E-state index contributed by atoms with van der Waals surface area (Å²) in [5.74, 6) is 0. The average molecular weight is 185 g/mol. The SMILES string of the molecule is C=CCC(CN)(CC=C)OCCO. The van der Waals surface area contributed by atoms with Crippen LogP contribution >= 0.6 is 0 Å². The number of hydrogen-bond donors (Lipinski definition) is 2. The largest absolute Gasteiger partial charge is 0.394 e. The van der Waals surface area contributed by atoms with Crippen molar-refractivity contribution in [3.63, 3.8) is 0 Å². The molecule has 13 heavy (non-hydrogen) atoms. The van der Waals surface area contributed by atoms with Crippen molar-refractivity contribution in [1.29, 1.82) is 0 Å². The smallest absolute Gasteiger partial charge is 0.0873 e. The first kappa shape index (κ1) is 12.4. The quantitative estimate of drug-likeness (QED) is 0.551. The fraction of sp³-hybridized carbons (Fsp3) is 0.600. The van der Waals surface area contributed by atoms with E-state index in [-0.39, 0.29) is 6.61 Å². The topological polar surface area (TPSA) is 55.5 Å². The van der Waals surface area contributed by atoms with Crippen LogP contribution in [0.4, 0.5) is 0 Å². The average Bonchev–Trinajstić information content (AvgIpc) is 2.15. The Hall–Kier alpha value is -0.640. The van der Waals surface area contributed by atoms with Crippen LogP contribution in [0.25, 0.3) is 0 Å². The Morgan fingerprint density at radius 1 is 1.31 bits per heavy atom. The van der Waals surface area contributed by atoms with E-state index >= 15 is 0 Å². The van der Waals surface area contributed by atoms with Crippen molar-refractivity contribution in [2.75, 3.05) is 19.8 Å². The molecule has 3 nitrogen and oxygen atoms in total. The van der Waals surface area contributed by atoms with Crippen LogP contribution in [-0.2, 0) is 4.74 Å². The summed E-state index contributed by atoms with van der Waals surface area (Å²) in [6.45, 7) is 8.03. The molecule has 0 aromatic rings. The summed E-state index contributed by atoms with van der Waals surface area (Å²) in [6.07, 6.45) is 4.90. The Bertz CT molecular complexity index is 147. The van der Waals surface area contributed by atoms with Crippen molar-refractivity contribution < 1.29 is 9.84 Å². The van der Waals surface area contributed by atoms with Crippen LogP contribution in [0.1, 0.15) is 12.8 Å². The van der Waals surface area contributed by atoms with Crippen molar-refractivity contribution in [1.82, 2.24) is 0 Å². The lowest BCUT2D eigenvalue weighted by atomic mass is 9.95. The van der Waals surface area contributed by atoms with Gasteiger partial charge in [0.25, 0.3) is 0 Å². The molecular weight excluding hydrogens is 166 g/mol. The highest BCUT2D eigenvalue weighted by Crippen LogP contribution is 2.20. The lowest BCUT2D eigenvalue weighted by Gasteiger charge is -2.30. The summed E-state index contributed by atoms with van der Waals surface area (Å²) in [5.41, 5.74) is 5.19. The number of hydrogen-bond acceptors (Lipinski definition) is 3. The molecule has 0 aliphatic heterocycles. The highest BCUT2D eigenvalue weighted by molar-refractivity contribution is 4.94. The van der Waals surface area contributed by atoms with E-state index in [4.69, 9.17) is 15.6 Å². The normalized spacial score (nSPS) is 11.2. The molecule has 0 aromatic carbocycles. The van der Waals surface area contributed by atoms with Crippen molar-refractivity contribution in [2.24, 2.45) is 5.73 Å². The van der Waals surface area contributed by atoms with Gasteiger partial charge in [0.05, 0.1) is 18.8 Å². The summed E-state index contributed by atoms with van der Waals surface area (Å²) in [4.78, 5) is 0. The molecule has 3 N–H and O–H groups in total. The second-order valence-corrected chi connectivity index (χ2v) is 2.94. The number of nitrogens with two attached hydrogens (primary N) is 1. The van der Waals surface area contributed by atoms with E-state index in [1.165, 1.54) is 0 Å². The van der Waals surface area contributed by atoms with Gasteiger partial charge in [-0.25, -0.2) is 0 Å². The Balaban J connectivity index is 4.23. The first-order chi connectivity index (χ1) is 6.24. The fourth-order valence-electron chi connectivity index (χ4n) is 1.22. The van der Waals surface area contributed by atoms with E-state index < -0.39 is 5.60 Å². The third-order valence-electron chi connectivity index (χ3n) is 1.90. The van der Waals surface area contributed by atoms with Gasteiger partial charge in [0.1, 0.15) is 0 Å². The van der Waals surface area contributed by atoms with Crippen LogP contribution in [-0.4, -0.2) is 30.5 Å². The summed E-state index contributed by atoms with van der Waals surface area (Å²) in [5, 5.41) is 8.64. The summed E-state index contributed by atoms with van der Waals surface area (Å²) in [6, 6.07) is 0. The van der Waals surface area contributed by atoms with Crippen LogP contribution in [0, 0.1) is 0 Å². The molecule has 0 saturated carbocycles. The maximum absolute atomic E-state index is 8.64. The van der Waals surface area contributed by atoms with Crippen molar-refractivity contribution in [2.45, 2.75) is 18.4 Å². The van der Waals surface area contributed by atoms with Gasteiger partial charge in [-0.15, -0.1) is 13.2 Å². The number of ether oxygens (including phenoxy) is 1. The fourth-order valence-corrected chi connectivity index (χ4v) is 1.22. The Kier molecular flexibility index (Phi) is 6.49. The molecule has 0 amide bonds. The Morgan fingerprint density at radius 3 is 2.15 bits per heavy atom. The molecule has 0 unspecified atom stereocenters. The van der Waals surface area contributed by atoms with Crippen molar-refractivity contribution >= 4 is 0 Å². The van der Waals surface area contributed by atoms with Gasteiger partial charge >= 0.3 is 0 Å². The highest BCUT2D eigenvalue weighted by Gasteiger charge is 2.26. The van der Waals surface area contributed by atoms with Crippen LogP contribution in [0.2, 0.25) is 0 Å². The molecule has 3 heteroatoms. The molecule has 0 bridgehead atoms. The minimum absolute atomic E-state index is 0.00996. The van der Waals surface area contributed by atoms with E-state index in [9.17, 15) is 0 Å². The molecule has 0 radical (unpaired) electrons. The first-order valence-electron chi connectivity index (χ1n) is 4.41. The predicted molar refractivity (Wildman–Crippen MR) is 54.5 cm³/mol. The monoisotopic (exact) mass is 185 g/mol. The molecule has 0 heterocycles. The summed E-state index contributed by atoms with van der Waals surface area (Å²) in [7, 11) is 0. The summed E-state index contributed by atoms with van der Waals surface area (Å²) >= 11 is 0. The first-order valence-corrected chi connectivity index (χ1v) is 4.41. The zero-order valence-electron chi connectivity index (χ0n) is 8.04. The van der Waals surface area contributed by atoms with Crippen molar-refractivity contribution in [3.05, 3.63) is 25.3 Å². The van der Waals surface area contributed by atoms with Crippen LogP contribution in [0.5, 0.6) is 0 Å². The van der Waals surface area contributed by atoms with E-state index in [2.05, 4.69) is 13.2 Å². The molecule has 0 atom stereocenters. The van der Waals surface area contributed by atoms with E-state index in [1.54, 1.807) is 12.2 Å². The molecule has 0 aromatic heterocycles. The van der Waals surface area contributed by atoms with E-state index in [0.717, 1.165) is 0 Å². The molecule has 0 aliphatic rings. The Morgan fingerprint density at radius 2 is 1.85 bits per heavy atom. The molecular formula is C10H19NO2. The zero-order valence-corrected chi connectivity index (χ0v) is 8.04. The van der Waals surface area contributed by atoms with Gasteiger partial charge in [-0.3, -0.25) is 0 Å². The van der Waals surface area contributed by atoms with Gasteiger partial charge in [0, 0.05) is 6.54 Å². The third kappa shape index (κ3) is 4.22. The number of aliphatic hydroxyl groups excluding tert-OH is 1. The number of rotatable bonds is 8. The molecule has 0 saturated heterocycles. The summed E-state index contributed by atoms with van der Waals surface area (Å²) < 4.78 is 5.49. The highest BCUT2D eigenvalue weighted by atomic mass is 16.5. The molecule has 0 aliphatic carbocycles. The lowest BCUT2D eigenvalue weighted by molar-refractivity contribution is -0.0479. The zero-order chi connectivity index (χ0) is 10.2. The van der Waals surface area contributed by atoms with Gasteiger partial charge in [-0.2, -0.15) is 0 Å². The minimum Gasteiger partial charge on any atom is -0.394 e. The molecule has 0 spiro atoms. The van der Waals surface area contributed by atoms with E-state index in [1.807, 2.05) is 0 Å². The van der Waals surface area contributed by atoms with Crippen LogP contribution in [0.3, 0.4) is 0 Å². The molecule has 0 fully saturated rings. The minimum atomic E-state index is -0.424. The van der Waals surface area contributed by atoms with Gasteiger partial charge < -0.3 is 15.6 Å². The standard InChI is InChI=1S/C10H19NO2/c1-3-5-10(9-11,6-4-2)13-8-7-12/h3-4,12H,1-2,5-9,11H2. The third-order valence-corrected chi connectivity index (χ3v) is 1.90. The van der Waals surface area contributed by atoms with Gasteiger partial charge in [-0.05, 0) is 12.8 Å². The maximum Gasteiger partial charge on any atom is 0.0873 e. The van der Waals surface area contributed by atoms with E-state index in [0.29, 0.717) is 26.0 Å². The van der Waals surface area contributed by atoms with Gasteiger partial charge in [0.15, 0.2) is 0 Å². The lowest BCUT2D eigenvalue weighted by Crippen LogP contribution is -2.40. The maximum atomic E-state index is 8.64. The second-order valence-electron chi connectivity index (χ2n) is 2.94. The second kappa shape index (κ2) is 6.83. The van der Waals surface area contributed by atoms with Crippen LogP contribution < -0.4 is 5.73 Å². The van der Waals surface area contributed by atoms with Crippen LogP contribution in [0.15, 0.2) is 25.3 Å². The number of aliphatic hydroxyl groups is 1. The predicted octanol–water partition coefficient (Wildman–Crippen LogP) is 0.845. The van der Waals surface area contributed by atoms with Crippen molar-refractivity contribution in [3.8, 4) is 0 Å². The molecule has 0 rings (SSSR count). The van der Waals surface area contributed by atoms with Gasteiger partial charge in [0.2, 0.25) is 0 Å². The van der Waals surface area contributed by atoms with Gasteiger partial charge in [-0.1, -0.05) is 12.2 Å². The Labute approximate surface area is 79.9 Å². The molecule has 76 valence electrons.